The number of rotatable bonds is 6. The lowest BCUT2D eigenvalue weighted by atomic mass is 9.48. The van der Waals surface area contributed by atoms with Gasteiger partial charge in [0.25, 0.3) is 0 Å². The number of fused-ring (bicyclic) bond motifs is 7. The molecule has 4 fully saturated rings. The fourth-order valence-corrected chi connectivity index (χ4v) is 13.3. The predicted octanol–water partition coefficient (Wildman–Crippen LogP) is 16.3. The zero-order valence-electron chi connectivity index (χ0n) is 35.0. The van der Waals surface area contributed by atoms with Crippen molar-refractivity contribution in [2.45, 2.75) is 63.2 Å². The van der Waals surface area contributed by atoms with Crippen LogP contribution in [0.25, 0.3) is 66.1 Å². The number of nitrogens with zero attached hydrogens (tertiary/aromatic N) is 1. The van der Waals surface area contributed by atoms with Crippen LogP contribution < -0.4 is 4.90 Å². The SMILES string of the molecule is CC1(C)c2ccc(C34CC5CC(CC(C5)C3)C4)cc2-c2ccc(N(c3ccc4c(c3)oc3ccccc34)c3ccccc3-c3cccc4cccc(-c5ccccc5)c34)cc21. The third-order valence-electron chi connectivity index (χ3n) is 15.6. The second-order valence-electron chi connectivity index (χ2n) is 19.5. The van der Waals surface area contributed by atoms with Crippen LogP contribution in [-0.2, 0) is 10.8 Å². The molecule has 1 heterocycles. The third kappa shape index (κ3) is 5.34. The first-order valence-electron chi connectivity index (χ1n) is 22.6. The average molecular weight is 788 g/mol. The minimum Gasteiger partial charge on any atom is -0.456 e. The monoisotopic (exact) mass is 787 g/mol. The van der Waals surface area contributed by atoms with Gasteiger partial charge in [-0.05, 0) is 153 Å². The van der Waals surface area contributed by atoms with Crippen molar-refractivity contribution in [3.8, 4) is 33.4 Å². The summed E-state index contributed by atoms with van der Waals surface area (Å²) in [7, 11) is 0. The predicted molar refractivity (Wildman–Crippen MR) is 254 cm³/mol. The number of anilines is 3. The molecule has 2 nitrogen and oxygen atoms in total. The number of benzene rings is 8. The molecule has 4 saturated carbocycles. The lowest BCUT2D eigenvalue weighted by molar-refractivity contribution is -0.00517. The highest BCUT2D eigenvalue weighted by Gasteiger charge is 2.52. The highest BCUT2D eigenvalue weighted by Crippen LogP contribution is 2.62. The Morgan fingerprint density at radius 1 is 0.475 bits per heavy atom. The molecule has 8 aromatic carbocycles. The van der Waals surface area contributed by atoms with Gasteiger partial charge in [0, 0.05) is 39.2 Å². The van der Waals surface area contributed by atoms with Gasteiger partial charge in [-0.1, -0.05) is 141 Å². The highest BCUT2D eigenvalue weighted by atomic mass is 16.3. The van der Waals surface area contributed by atoms with Gasteiger partial charge in [0.05, 0.1) is 5.69 Å². The van der Waals surface area contributed by atoms with Crippen LogP contribution in [-0.4, -0.2) is 0 Å². The van der Waals surface area contributed by atoms with Crippen molar-refractivity contribution in [3.63, 3.8) is 0 Å². The largest absolute Gasteiger partial charge is 0.456 e. The van der Waals surface area contributed by atoms with E-state index in [0.29, 0.717) is 5.41 Å². The van der Waals surface area contributed by atoms with Crippen molar-refractivity contribution in [2.24, 2.45) is 17.8 Å². The molecule has 61 heavy (non-hydrogen) atoms. The van der Waals surface area contributed by atoms with Gasteiger partial charge >= 0.3 is 0 Å². The summed E-state index contributed by atoms with van der Waals surface area (Å²) in [6.07, 6.45) is 8.59. The summed E-state index contributed by atoms with van der Waals surface area (Å²) < 4.78 is 6.57. The van der Waals surface area contributed by atoms with Crippen LogP contribution in [0.1, 0.15) is 69.1 Å². The van der Waals surface area contributed by atoms with Crippen LogP contribution in [0, 0.1) is 17.8 Å². The Labute approximate surface area is 358 Å². The standard InChI is InChI=1S/C59H49NO/c1-58(2)52-27-22-42(59-34-37-28-38(35-59)30-39(29-37)36-59)31-51(52)46-25-23-43(32-53(46)58)60(44-24-26-49-48-17-7-9-21-55(48)61-56(49)33-44)54-20-8-6-16-47(54)50-19-11-15-41-14-10-18-45(57(41)50)40-12-4-3-5-13-40/h3-27,31-33,37-39H,28-30,34-36H2,1-2H3. The van der Waals surface area contributed by atoms with Crippen molar-refractivity contribution in [2.75, 3.05) is 4.90 Å². The lowest BCUT2D eigenvalue weighted by Gasteiger charge is -2.57. The molecule has 296 valence electrons. The Bertz CT molecular complexity index is 3180. The Balaban J connectivity index is 1.00. The lowest BCUT2D eigenvalue weighted by Crippen LogP contribution is -2.48. The molecule has 0 saturated heterocycles. The quantitative estimate of drug-likeness (QED) is 0.167. The molecular weight excluding hydrogens is 739 g/mol. The van der Waals surface area contributed by atoms with E-state index in [-0.39, 0.29) is 5.41 Å². The van der Waals surface area contributed by atoms with Gasteiger partial charge in [0.2, 0.25) is 0 Å². The first-order valence-corrected chi connectivity index (χ1v) is 22.6. The van der Waals surface area contributed by atoms with E-state index in [9.17, 15) is 0 Å². The Hall–Kier alpha value is -6.38. The zero-order valence-corrected chi connectivity index (χ0v) is 35.0. The molecule has 0 radical (unpaired) electrons. The highest BCUT2D eigenvalue weighted by molar-refractivity contribution is 6.10. The number of hydrogen-bond acceptors (Lipinski definition) is 2. The van der Waals surface area contributed by atoms with Gasteiger partial charge in [-0.15, -0.1) is 0 Å². The average Bonchev–Trinajstić information content (AvgIpc) is 3.77. The van der Waals surface area contributed by atoms with Crippen LogP contribution in [0.5, 0.6) is 0 Å². The van der Waals surface area contributed by atoms with Crippen molar-refractivity contribution < 1.29 is 4.42 Å². The molecule has 0 amide bonds. The van der Waals surface area contributed by atoms with Gasteiger partial charge in [-0.25, -0.2) is 0 Å². The molecule has 0 atom stereocenters. The second kappa shape index (κ2) is 13.1. The maximum Gasteiger partial charge on any atom is 0.137 e. The van der Waals surface area contributed by atoms with Crippen LogP contribution in [0.2, 0.25) is 0 Å². The third-order valence-corrected chi connectivity index (χ3v) is 15.6. The van der Waals surface area contributed by atoms with Crippen LogP contribution in [0.4, 0.5) is 17.1 Å². The normalized spacial score (nSPS) is 21.9. The molecule has 14 rings (SSSR count). The van der Waals surface area contributed by atoms with Crippen molar-refractivity contribution in [1.82, 2.24) is 0 Å². The first-order chi connectivity index (χ1) is 29.9. The molecule has 2 heteroatoms. The van der Waals surface area contributed by atoms with E-state index >= 15 is 0 Å². The van der Waals surface area contributed by atoms with Crippen molar-refractivity contribution in [3.05, 3.63) is 187 Å². The molecule has 1 aromatic heterocycles. The molecule has 9 aromatic rings. The Morgan fingerprint density at radius 3 is 1.93 bits per heavy atom. The van der Waals surface area contributed by atoms with Crippen LogP contribution >= 0.6 is 0 Å². The van der Waals surface area contributed by atoms with Gasteiger partial charge < -0.3 is 9.32 Å². The van der Waals surface area contributed by atoms with E-state index < -0.39 is 0 Å². The Kier molecular flexibility index (Phi) is 7.58. The van der Waals surface area contributed by atoms with E-state index in [0.717, 1.165) is 56.8 Å². The van der Waals surface area contributed by atoms with E-state index in [1.54, 1.807) is 5.56 Å². The zero-order chi connectivity index (χ0) is 40.5. The summed E-state index contributed by atoms with van der Waals surface area (Å²) >= 11 is 0. The molecule has 0 aliphatic heterocycles. The smallest absolute Gasteiger partial charge is 0.137 e. The minimum atomic E-state index is -0.144. The second-order valence-corrected chi connectivity index (χ2v) is 19.5. The van der Waals surface area contributed by atoms with E-state index in [1.165, 1.54) is 93.8 Å². The summed E-state index contributed by atoms with van der Waals surface area (Å²) in [5.41, 5.74) is 17.5. The topological polar surface area (TPSA) is 16.4 Å². The molecular formula is C59H49NO. The number of furan rings is 1. The summed E-state index contributed by atoms with van der Waals surface area (Å²) in [5.74, 6) is 2.78. The van der Waals surface area contributed by atoms with Gasteiger partial charge in [-0.2, -0.15) is 0 Å². The van der Waals surface area contributed by atoms with E-state index in [1.807, 2.05) is 0 Å². The van der Waals surface area contributed by atoms with Gasteiger partial charge in [-0.3, -0.25) is 0 Å². The molecule has 5 aliphatic rings. The molecule has 5 aliphatic carbocycles. The maximum atomic E-state index is 6.57. The van der Waals surface area contributed by atoms with Crippen molar-refractivity contribution >= 4 is 49.8 Å². The van der Waals surface area contributed by atoms with Crippen LogP contribution in [0.3, 0.4) is 0 Å². The summed E-state index contributed by atoms with van der Waals surface area (Å²) in [5, 5.41) is 4.77. The summed E-state index contributed by atoms with van der Waals surface area (Å²) in [6, 6.07) is 63.4. The van der Waals surface area contributed by atoms with Gasteiger partial charge in [0.1, 0.15) is 11.2 Å². The fraction of sp³-hybridized carbons (Fsp3) is 0.220. The number of hydrogen-bond donors (Lipinski definition) is 0. The summed E-state index contributed by atoms with van der Waals surface area (Å²) in [6.45, 7) is 4.87. The van der Waals surface area contributed by atoms with E-state index in [2.05, 4.69) is 189 Å². The first kappa shape index (κ1) is 35.4. The molecule has 0 N–H and O–H groups in total. The van der Waals surface area contributed by atoms with Crippen LogP contribution in [0.15, 0.2) is 174 Å². The Morgan fingerprint density at radius 2 is 1.13 bits per heavy atom. The number of para-hydroxylation sites is 2. The van der Waals surface area contributed by atoms with Gasteiger partial charge in [0.15, 0.2) is 0 Å². The van der Waals surface area contributed by atoms with E-state index in [4.69, 9.17) is 4.42 Å². The summed E-state index contributed by atoms with van der Waals surface area (Å²) in [4.78, 5) is 2.48. The molecule has 4 bridgehead atoms. The van der Waals surface area contributed by atoms with Crippen molar-refractivity contribution in [1.29, 1.82) is 0 Å². The maximum absolute atomic E-state index is 6.57. The minimum absolute atomic E-state index is 0.144. The molecule has 0 unspecified atom stereocenters. The molecule has 0 spiro atoms. The fourth-order valence-electron chi connectivity index (χ4n) is 13.3.